The van der Waals surface area contributed by atoms with Crippen molar-refractivity contribution in [2.24, 2.45) is 23.5 Å². The number of carboxylic acid groups (broad SMARTS) is 1. The molecule has 5 amide bonds. The maximum absolute atomic E-state index is 14.4. The van der Waals surface area contributed by atoms with E-state index in [2.05, 4.69) is 26.3 Å². The highest BCUT2D eigenvalue weighted by atomic mass is 16.4. The van der Waals surface area contributed by atoms with Gasteiger partial charge in [-0.1, -0.05) is 94.8 Å². The first-order chi connectivity index (χ1) is 28.2. The number of carbonyl (C=O) groups is 6. The molecule has 1 aliphatic rings. The first-order valence-electron chi connectivity index (χ1n) is 20.0. The number of phenolic OH excluding ortho intramolecular Hbond substituents is 1. The summed E-state index contributed by atoms with van der Waals surface area (Å²) in [5.41, 5.74) is 9.52. The number of rotatable bonds is 18. The van der Waals surface area contributed by atoms with Gasteiger partial charge in [-0.3, -0.25) is 24.0 Å². The number of benzene rings is 3. The Kier molecular flexibility index (Phi) is 14.9. The summed E-state index contributed by atoms with van der Waals surface area (Å²) in [5.74, 6) is -5.21. The minimum atomic E-state index is -1.25. The number of hydrogen-bond donors (Lipinski definition) is 8. The number of aliphatic carboxylic acids is 1. The zero-order chi connectivity index (χ0) is 42.8. The molecule has 15 nitrogen and oxygen atoms in total. The van der Waals surface area contributed by atoms with E-state index in [1.807, 2.05) is 45.0 Å². The average molecular weight is 810 g/mol. The van der Waals surface area contributed by atoms with Crippen molar-refractivity contribution in [3.8, 4) is 5.75 Å². The Labute approximate surface area is 343 Å². The van der Waals surface area contributed by atoms with Crippen molar-refractivity contribution >= 4 is 46.4 Å². The molecule has 1 aromatic heterocycles. The lowest BCUT2D eigenvalue weighted by Crippen LogP contribution is -2.60. The highest BCUT2D eigenvalue weighted by molar-refractivity contribution is 5.97. The van der Waals surface area contributed by atoms with E-state index in [9.17, 15) is 39.0 Å². The zero-order valence-electron chi connectivity index (χ0n) is 33.9. The van der Waals surface area contributed by atoms with Crippen LogP contribution < -0.4 is 27.0 Å². The van der Waals surface area contributed by atoms with E-state index in [-0.39, 0.29) is 44.0 Å². The second kappa shape index (κ2) is 20.0. The number of nitrogens with two attached hydrogens (primary N) is 1. The summed E-state index contributed by atoms with van der Waals surface area (Å²) in [7, 11) is 0. The lowest BCUT2D eigenvalue weighted by molar-refractivity contribution is -0.143. The van der Waals surface area contributed by atoms with Gasteiger partial charge in [0.05, 0.1) is 12.5 Å². The molecule has 0 bridgehead atoms. The molecule has 6 atom stereocenters. The fourth-order valence-electron chi connectivity index (χ4n) is 7.37. The third-order valence-electron chi connectivity index (χ3n) is 11.0. The summed E-state index contributed by atoms with van der Waals surface area (Å²) >= 11 is 0. The second-order valence-electron chi connectivity index (χ2n) is 15.6. The molecule has 5 rings (SSSR count). The highest BCUT2D eigenvalue weighted by Crippen LogP contribution is 2.28. The van der Waals surface area contributed by atoms with Crippen LogP contribution in [-0.2, 0) is 54.6 Å². The van der Waals surface area contributed by atoms with E-state index >= 15 is 0 Å². The van der Waals surface area contributed by atoms with Gasteiger partial charge in [-0.15, -0.1) is 0 Å². The number of nitrogens with zero attached hydrogens (tertiary/aromatic N) is 1. The first-order valence-corrected chi connectivity index (χ1v) is 20.0. The molecular formula is C44H55N7O8. The van der Waals surface area contributed by atoms with Crippen LogP contribution in [0.5, 0.6) is 5.75 Å². The van der Waals surface area contributed by atoms with E-state index in [0.29, 0.717) is 23.2 Å². The monoisotopic (exact) mass is 809 g/mol. The molecule has 1 aliphatic heterocycles. The summed E-state index contributed by atoms with van der Waals surface area (Å²) in [6, 6.07) is 17.9. The van der Waals surface area contributed by atoms with Gasteiger partial charge in [0.1, 0.15) is 36.5 Å². The third kappa shape index (κ3) is 11.3. The summed E-state index contributed by atoms with van der Waals surface area (Å²) in [4.78, 5) is 86.5. The fraction of sp³-hybridized carbons (Fsp3) is 0.409. The molecule has 0 saturated carbocycles. The second-order valence-corrected chi connectivity index (χ2v) is 15.6. The molecule has 4 aromatic rings. The average Bonchev–Trinajstić information content (AvgIpc) is 3.49. The van der Waals surface area contributed by atoms with Gasteiger partial charge < -0.3 is 47.1 Å². The summed E-state index contributed by atoms with van der Waals surface area (Å²) < 4.78 is 0. The molecule has 314 valence electrons. The van der Waals surface area contributed by atoms with Crippen molar-refractivity contribution in [1.29, 1.82) is 0 Å². The number of carboxylic acids is 1. The minimum Gasteiger partial charge on any atom is -0.508 e. The van der Waals surface area contributed by atoms with Crippen LogP contribution in [0.2, 0.25) is 0 Å². The largest absolute Gasteiger partial charge is 0.508 e. The smallest absolute Gasteiger partial charge is 0.326 e. The Morgan fingerprint density at radius 3 is 2.12 bits per heavy atom. The number of carbonyl (C=O) groups excluding carboxylic acids is 5. The van der Waals surface area contributed by atoms with Crippen LogP contribution in [0, 0.1) is 17.8 Å². The SMILES string of the molecule is CC[C@H](C)[C@H](NC(=O)[C@H](Cc1ccc(O)cc1)NC(=O)[C@@H](CN)C(C)C)C(=O)NC1Cc2c([nH]c3ccccc23)CN(CC(=O)N[C@@H](Cc2ccccc2)C(=O)O)C1=O. The third-order valence-corrected chi connectivity index (χ3v) is 11.0. The fourth-order valence-corrected chi connectivity index (χ4v) is 7.37. The highest BCUT2D eigenvalue weighted by Gasteiger charge is 2.38. The van der Waals surface area contributed by atoms with Crippen molar-refractivity contribution < 1.29 is 39.0 Å². The predicted octanol–water partition coefficient (Wildman–Crippen LogP) is 2.54. The molecule has 0 radical (unpaired) electrons. The van der Waals surface area contributed by atoms with Gasteiger partial charge in [0.2, 0.25) is 29.5 Å². The van der Waals surface area contributed by atoms with Crippen LogP contribution in [0.15, 0.2) is 78.9 Å². The van der Waals surface area contributed by atoms with E-state index in [4.69, 9.17) is 5.73 Å². The van der Waals surface area contributed by atoms with Crippen LogP contribution in [0.25, 0.3) is 10.9 Å². The normalized spacial score (nSPS) is 16.5. The lowest BCUT2D eigenvalue weighted by atomic mass is 9.93. The maximum atomic E-state index is 14.4. The Hall–Kier alpha value is -6.22. The zero-order valence-corrected chi connectivity index (χ0v) is 33.9. The number of aromatic hydroxyl groups is 1. The van der Waals surface area contributed by atoms with Gasteiger partial charge in [0.25, 0.3) is 0 Å². The first kappa shape index (κ1) is 43.9. The van der Waals surface area contributed by atoms with E-state index < -0.39 is 78.1 Å². The van der Waals surface area contributed by atoms with Crippen molar-refractivity contribution in [2.75, 3.05) is 13.1 Å². The molecule has 59 heavy (non-hydrogen) atoms. The Balaban J connectivity index is 1.39. The number of aromatic amines is 1. The summed E-state index contributed by atoms with van der Waals surface area (Å²) in [6.07, 6.45) is 0.636. The van der Waals surface area contributed by atoms with Gasteiger partial charge in [-0.05, 0) is 46.7 Å². The number of hydrogen-bond acceptors (Lipinski definition) is 8. The van der Waals surface area contributed by atoms with Crippen LogP contribution in [-0.4, -0.2) is 92.9 Å². The van der Waals surface area contributed by atoms with Crippen molar-refractivity contribution in [2.45, 2.75) is 84.1 Å². The van der Waals surface area contributed by atoms with Crippen molar-refractivity contribution in [3.05, 3.63) is 101 Å². The minimum absolute atomic E-state index is 0.0105. The Morgan fingerprint density at radius 2 is 1.47 bits per heavy atom. The van der Waals surface area contributed by atoms with Crippen LogP contribution >= 0.6 is 0 Å². The number of nitrogens with one attached hydrogen (secondary N) is 5. The van der Waals surface area contributed by atoms with Gasteiger partial charge in [-0.2, -0.15) is 0 Å². The Morgan fingerprint density at radius 1 is 0.831 bits per heavy atom. The van der Waals surface area contributed by atoms with E-state index in [0.717, 1.165) is 16.5 Å². The van der Waals surface area contributed by atoms with Crippen LogP contribution in [0.1, 0.15) is 56.5 Å². The molecule has 2 heterocycles. The lowest BCUT2D eigenvalue weighted by Gasteiger charge is -2.30. The molecule has 0 saturated heterocycles. The van der Waals surface area contributed by atoms with Crippen LogP contribution in [0.3, 0.4) is 0 Å². The molecule has 0 aliphatic carbocycles. The number of para-hydroxylation sites is 1. The van der Waals surface area contributed by atoms with E-state index in [1.54, 1.807) is 49.4 Å². The molecule has 9 N–H and O–H groups in total. The standard InChI is InChI=1S/C44H55N7O8/c1-5-26(4)39(50-41(55)34(19-28-15-17-29(52)18-16-28)48-40(54)32(22-45)25(2)3)42(56)49-35-21-31-30-13-9-10-14-33(30)46-37(31)23-51(43(35)57)24-38(53)47-36(44(58)59)20-27-11-7-6-8-12-27/h6-18,25-26,32,34-36,39,46,52H,5,19-24,45H2,1-4H3,(H,47,53)(H,48,54)(H,49,56)(H,50,55)(H,58,59)/t26-,32-,34-,35?,36-,39-/m0/s1. The number of amides is 5. The molecule has 1 unspecified atom stereocenters. The number of H-pyrrole nitrogens is 1. The van der Waals surface area contributed by atoms with Gasteiger partial charge >= 0.3 is 5.97 Å². The van der Waals surface area contributed by atoms with Crippen molar-refractivity contribution in [1.82, 2.24) is 31.2 Å². The van der Waals surface area contributed by atoms with Gasteiger partial charge in [0.15, 0.2) is 0 Å². The van der Waals surface area contributed by atoms with E-state index in [1.165, 1.54) is 17.0 Å². The summed E-state index contributed by atoms with van der Waals surface area (Å²) in [6.45, 7) is 6.94. The molecule has 0 spiro atoms. The van der Waals surface area contributed by atoms with Crippen LogP contribution in [0.4, 0.5) is 0 Å². The number of phenols is 1. The van der Waals surface area contributed by atoms with Gasteiger partial charge in [-0.25, -0.2) is 4.79 Å². The summed E-state index contributed by atoms with van der Waals surface area (Å²) in [5, 5.41) is 31.7. The molecular weight excluding hydrogens is 755 g/mol. The number of aromatic nitrogens is 1. The predicted molar refractivity (Wildman–Crippen MR) is 222 cm³/mol. The topological polar surface area (TPSA) is 236 Å². The van der Waals surface area contributed by atoms with Gasteiger partial charge in [0, 0.05) is 42.4 Å². The molecule has 15 heteroatoms. The molecule has 0 fully saturated rings. The maximum Gasteiger partial charge on any atom is 0.326 e. The van der Waals surface area contributed by atoms with Crippen molar-refractivity contribution in [3.63, 3.8) is 0 Å². The number of fused-ring (bicyclic) bond motifs is 3. The quantitative estimate of drug-likeness (QED) is 0.0737. The molecule has 3 aromatic carbocycles. The Bertz CT molecular complexity index is 2120.